The molecule has 0 aromatic heterocycles. The molecular formula is C25H36ClN3O2. The van der Waals surface area contributed by atoms with Gasteiger partial charge in [-0.2, -0.15) is 0 Å². The minimum Gasteiger partial charge on any atom is -0.505 e. The Hall–Kier alpha value is -2.05. The number of phenols is 1. The van der Waals surface area contributed by atoms with Crippen molar-refractivity contribution in [2.45, 2.75) is 32.2 Å². The number of nitrogens with one attached hydrogen (secondary N) is 3. The van der Waals surface area contributed by atoms with Crippen LogP contribution in [0.1, 0.15) is 43.4 Å². The molecule has 3 aliphatic rings. The van der Waals surface area contributed by atoms with Gasteiger partial charge in [-0.15, -0.1) is 6.58 Å². The SMILES string of the molecule is C1COCCN1.C=CCC.CNC(C1=CCCC=C1)c1cc(Cl)c2c(c1O)NCC=C2. The highest BCUT2D eigenvalue weighted by Gasteiger charge is 2.23. The summed E-state index contributed by atoms with van der Waals surface area (Å²) in [7, 11) is 1.90. The summed E-state index contributed by atoms with van der Waals surface area (Å²) in [6.07, 6.45) is 15.5. The molecule has 4 N–H and O–H groups in total. The van der Waals surface area contributed by atoms with Gasteiger partial charge in [0.05, 0.1) is 30.0 Å². The number of halogens is 1. The predicted molar refractivity (Wildman–Crippen MR) is 133 cm³/mol. The number of rotatable bonds is 4. The number of phenolic OH excluding ortho intramolecular Hbond substituents is 1. The second-order valence-corrected chi connectivity index (χ2v) is 7.74. The monoisotopic (exact) mass is 445 g/mol. The highest BCUT2D eigenvalue weighted by molar-refractivity contribution is 6.33. The van der Waals surface area contributed by atoms with Gasteiger partial charge in [0.1, 0.15) is 5.75 Å². The van der Waals surface area contributed by atoms with Gasteiger partial charge in [-0.3, -0.25) is 0 Å². The first kappa shape index (κ1) is 25.2. The molecule has 2 heterocycles. The Kier molecular flexibility index (Phi) is 11.5. The Morgan fingerprint density at radius 2 is 2.00 bits per heavy atom. The number of hydrogen-bond donors (Lipinski definition) is 4. The lowest BCUT2D eigenvalue weighted by molar-refractivity contribution is 0.109. The summed E-state index contributed by atoms with van der Waals surface area (Å²) < 4.78 is 5.01. The molecule has 5 nitrogen and oxygen atoms in total. The van der Waals surface area contributed by atoms with E-state index < -0.39 is 0 Å². The van der Waals surface area contributed by atoms with Gasteiger partial charge in [-0.05, 0) is 37.9 Å². The van der Waals surface area contributed by atoms with Gasteiger partial charge in [-0.25, -0.2) is 0 Å². The first-order valence-corrected chi connectivity index (χ1v) is 11.4. The lowest BCUT2D eigenvalue weighted by Gasteiger charge is -2.25. The number of morpholine rings is 1. The number of allylic oxidation sites excluding steroid dienone is 3. The number of benzene rings is 1. The van der Waals surface area contributed by atoms with Crippen LogP contribution in [-0.4, -0.2) is 45.0 Å². The lowest BCUT2D eigenvalue weighted by atomic mass is 9.92. The number of likely N-dealkylation sites (N-methyl/N-ethyl adjacent to an activating group) is 1. The van der Waals surface area contributed by atoms with Crippen LogP contribution in [0, 0.1) is 0 Å². The highest BCUT2D eigenvalue weighted by Crippen LogP contribution is 2.43. The molecule has 1 saturated heterocycles. The van der Waals surface area contributed by atoms with Crippen molar-refractivity contribution >= 4 is 23.4 Å². The van der Waals surface area contributed by atoms with E-state index in [4.69, 9.17) is 16.3 Å². The molecule has 2 aliphatic heterocycles. The molecule has 170 valence electrons. The van der Waals surface area contributed by atoms with E-state index in [0.29, 0.717) is 11.6 Å². The quantitative estimate of drug-likeness (QED) is 0.378. The zero-order valence-corrected chi connectivity index (χ0v) is 19.5. The van der Waals surface area contributed by atoms with Gasteiger partial charge in [0.2, 0.25) is 0 Å². The molecule has 31 heavy (non-hydrogen) atoms. The van der Waals surface area contributed by atoms with Gasteiger partial charge in [-0.1, -0.05) is 55.0 Å². The predicted octanol–water partition coefficient (Wildman–Crippen LogP) is 5.21. The van der Waals surface area contributed by atoms with Crippen molar-refractivity contribution in [3.63, 3.8) is 0 Å². The Morgan fingerprint density at radius 1 is 1.26 bits per heavy atom. The molecule has 0 spiro atoms. The maximum Gasteiger partial charge on any atom is 0.144 e. The summed E-state index contributed by atoms with van der Waals surface area (Å²) in [5.74, 6) is 0.276. The van der Waals surface area contributed by atoms with E-state index in [-0.39, 0.29) is 11.8 Å². The highest BCUT2D eigenvalue weighted by atomic mass is 35.5. The minimum atomic E-state index is -0.0583. The summed E-state index contributed by atoms with van der Waals surface area (Å²) in [6.45, 7) is 10.1. The van der Waals surface area contributed by atoms with E-state index in [0.717, 1.165) is 62.4 Å². The molecule has 6 heteroatoms. The summed E-state index contributed by atoms with van der Waals surface area (Å²) in [5.41, 5.74) is 3.55. The fourth-order valence-corrected chi connectivity index (χ4v) is 3.71. The van der Waals surface area contributed by atoms with Crippen molar-refractivity contribution in [1.82, 2.24) is 10.6 Å². The number of hydrogen-bond acceptors (Lipinski definition) is 5. The first-order chi connectivity index (χ1) is 15.1. The van der Waals surface area contributed by atoms with E-state index in [1.165, 1.54) is 5.57 Å². The lowest BCUT2D eigenvalue weighted by Crippen LogP contribution is -2.30. The third kappa shape index (κ3) is 7.54. The second kappa shape index (κ2) is 14.1. The summed E-state index contributed by atoms with van der Waals surface area (Å²) in [5, 5.41) is 20.9. The van der Waals surface area contributed by atoms with Gasteiger partial charge in [0.15, 0.2) is 0 Å². The van der Waals surface area contributed by atoms with Gasteiger partial charge in [0, 0.05) is 30.8 Å². The average Bonchev–Trinajstić information content (AvgIpc) is 2.85. The maximum atomic E-state index is 10.6. The van der Waals surface area contributed by atoms with Crippen molar-refractivity contribution in [3.05, 3.63) is 64.7 Å². The topological polar surface area (TPSA) is 65.5 Å². The van der Waals surface area contributed by atoms with Crippen LogP contribution >= 0.6 is 11.6 Å². The van der Waals surface area contributed by atoms with Crippen molar-refractivity contribution in [1.29, 1.82) is 0 Å². The molecule has 1 atom stereocenters. The molecule has 1 aromatic carbocycles. The Balaban J connectivity index is 0.000000283. The fraction of sp³-hybridized carbons (Fsp3) is 0.440. The average molecular weight is 446 g/mol. The largest absolute Gasteiger partial charge is 0.505 e. The van der Waals surface area contributed by atoms with Crippen LogP contribution in [0.25, 0.3) is 6.08 Å². The molecule has 1 unspecified atom stereocenters. The summed E-state index contributed by atoms with van der Waals surface area (Å²) in [6, 6.07) is 1.80. The zero-order chi connectivity index (χ0) is 22.5. The minimum absolute atomic E-state index is 0.0583. The number of aromatic hydroxyl groups is 1. The van der Waals surface area contributed by atoms with Crippen LogP contribution in [0.15, 0.2) is 48.6 Å². The number of ether oxygens (including phenoxy) is 1. The summed E-state index contributed by atoms with van der Waals surface area (Å²) >= 11 is 6.39. The van der Waals surface area contributed by atoms with Crippen LogP contribution < -0.4 is 16.0 Å². The van der Waals surface area contributed by atoms with Crippen molar-refractivity contribution in [3.8, 4) is 5.75 Å². The molecule has 1 aliphatic carbocycles. The van der Waals surface area contributed by atoms with E-state index in [2.05, 4.69) is 47.7 Å². The molecule has 0 amide bonds. The van der Waals surface area contributed by atoms with E-state index in [1.807, 2.05) is 31.3 Å². The van der Waals surface area contributed by atoms with Crippen LogP contribution in [0.5, 0.6) is 5.75 Å². The molecule has 4 rings (SSSR count). The van der Waals surface area contributed by atoms with E-state index >= 15 is 0 Å². The molecule has 0 saturated carbocycles. The number of anilines is 1. The molecule has 0 radical (unpaired) electrons. The molecule has 1 fully saturated rings. The van der Waals surface area contributed by atoms with Gasteiger partial charge >= 0.3 is 0 Å². The van der Waals surface area contributed by atoms with Crippen LogP contribution in [0.3, 0.4) is 0 Å². The van der Waals surface area contributed by atoms with Crippen LogP contribution in [0.2, 0.25) is 5.02 Å². The van der Waals surface area contributed by atoms with E-state index in [9.17, 15) is 5.11 Å². The zero-order valence-electron chi connectivity index (χ0n) is 18.7. The first-order valence-electron chi connectivity index (χ1n) is 11.0. The van der Waals surface area contributed by atoms with E-state index in [1.54, 1.807) is 0 Å². The molecule has 0 bridgehead atoms. The Labute approximate surface area is 191 Å². The molecular weight excluding hydrogens is 410 g/mol. The third-order valence-electron chi connectivity index (χ3n) is 5.09. The normalized spacial score (nSPS) is 17.6. The van der Waals surface area contributed by atoms with Crippen LogP contribution in [-0.2, 0) is 4.74 Å². The molecule has 1 aromatic rings. The van der Waals surface area contributed by atoms with Crippen molar-refractivity contribution in [2.24, 2.45) is 0 Å². The van der Waals surface area contributed by atoms with Crippen molar-refractivity contribution < 1.29 is 9.84 Å². The Morgan fingerprint density at radius 3 is 2.52 bits per heavy atom. The van der Waals surface area contributed by atoms with Gasteiger partial charge in [0.25, 0.3) is 0 Å². The summed E-state index contributed by atoms with van der Waals surface area (Å²) in [4.78, 5) is 0. The van der Waals surface area contributed by atoms with Gasteiger partial charge < -0.3 is 25.8 Å². The van der Waals surface area contributed by atoms with Crippen LogP contribution in [0.4, 0.5) is 5.69 Å². The second-order valence-electron chi connectivity index (χ2n) is 7.33. The fourth-order valence-electron chi connectivity index (χ4n) is 3.44. The maximum absolute atomic E-state index is 10.6. The number of fused-ring (bicyclic) bond motifs is 1. The Bertz CT molecular complexity index is 787. The van der Waals surface area contributed by atoms with Crippen molar-refractivity contribution in [2.75, 3.05) is 45.2 Å². The third-order valence-corrected chi connectivity index (χ3v) is 5.40. The standard InChI is InChI=1S/C17H19ClN2O.C4H9NO.C4H8/c1-19-15(11-6-3-2-4-7-11)13-10-14(18)12-8-5-9-20-16(12)17(13)21;1-3-6-4-2-5-1;1-3-4-2/h3,5-8,10,15,19-21H,2,4,9H2,1H3;5H,1-4H2;3H,1,4H2,2H3. The smallest absolute Gasteiger partial charge is 0.144 e.